The Kier molecular flexibility index (Phi) is 16.2. The van der Waals surface area contributed by atoms with E-state index in [1.807, 2.05) is 5.38 Å². The van der Waals surface area contributed by atoms with E-state index in [0.29, 0.717) is 5.56 Å². The normalized spacial score (nSPS) is 9.74. The van der Waals surface area contributed by atoms with Crippen molar-refractivity contribution in [2.45, 2.75) is 32.1 Å². The van der Waals surface area contributed by atoms with Gasteiger partial charge in [-0.25, -0.2) is 17.9 Å². The molecule has 0 radical (unpaired) electrons. The number of amides is 2. The zero-order chi connectivity index (χ0) is 25.2. The fourth-order valence-corrected chi connectivity index (χ4v) is 4.80. The Hall–Kier alpha value is -2.42. The molecule has 0 saturated heterocycles. The Morgan fingerprint density at radius 3 is 1.91 bits per heavy atom. The zero-order valence-corrected chi connectivity index (χ0v) is 21.5. The van der Waals surface area contributed by atoms with Gasteiger partial charge in [-0.05, 0) is 35.6 Å². The number of primary sulfonamides is 1. The summed E-state index contributed by atoms with van der Waals surface area (Å²) in [6.45, 7) is 2.09. The van der Waals surface area contributed by atoms with Gasteiger partial charge >= 0.3 is 0 Å². The first kappa shape index (κ1) is 34.7. The molecule has 194 valence electrons. The van der Waals surface area contributed by atoms with Crippen LogP contribution in [-0.4, -0.2) is 24.4 Å². The summed E-state index contributed by atoms with van der Waals surface area (Å²) >= 11 is 7.79. The van der Waals surface area contributed by atoms with Crippen molar-refractivity contribution < 1.29 is 27.9 Å². The lowest BCUT2D eigenvalue weighted by Crippen LogP contribution is -2.13. The largest absolute Gasteiger partial charge is 0.412 e. The van der Waals surface area contributed by atoms with Crippen LogP contribution in [0, 0.1) is 5.82 Å². The van der Waals surface area contributed by atoms with Crippen molar-refractivity contribution in [3.05, 3.63) is 64.6 Å². The second kappa shape index (κ2) is 16.3. The SMILES string of the molecule is C.CCCc1scc(-c2ccccc2S(N)(=O)=O)c1-c1ccc(F)cc1.NC(=O)S.NC(=O)S.O. The number of nitrogens with two attached hydrogens (primary N) is 3. The highest BCUT2D eigenvalue weighted by atomic mass is 32.2. The highest BCUT2D eigenvalue weighted by molar-refractivity contribution is 7.96. The number of hydrogen-bond acceptors (Lipinski definition) is 5. The number of carbonyl (C=O) groups is 2. The van der Waals surface area contributed by atoms with Gasteiger partial charge in [-0.2, -0.15) is 0 Å². The molecule has 1 aromatic heterocycles. The van der Waals surface area contributed by atoms with Gasteiger partial charge in [0.1, 0.15) is 5.82 Å². The molecule has 8 N–H and O–H groups in total. The zero-order valence-electron chi connectivity index (χ0n) is 18.1. The van der Waals surface area contributed by atoms with Crippen LogP contribution in [-0.2, 0) is 16.4 Å². The van der Waals surface area contributed by atoms with Gasteiger partial charge in [-0.15, -0.1) is 11.3 Å². The summed E-state index contributed by atoms with van der Waals surface area (Å²) in [4.78, 5) is 19.4. The predicted octanol–water partition coefficient (Wildman–Crippen LogP) is 4.62. The summed E-state index contributed by atoms with van der Waals surface area (Å²) in [7, 11) is -3.85. The highest BCUT2D eigenvalue weighted by Gasteiger charge is 2.20. The maximum atomic E-state index is 13.3. The molecule has 1 heterocycles. The molecule has 2 aromatic carbocycles. The molecule has 0 saturated carbocycles. The van der Waals surface area contributed by atoms with Crippen LogP contribution >= 0.6 is 36.6 Å². The number of thiophene rings is 1. The van der Waals surface area contributed by atoms with Crippen LogP contribution in [0.2, 0.25) is 0 Å². The maximum Gasteiger partial charge on any atom is 0.273 e. The number of aryl methyl sites for hydroxylation is 1. The van der Waals surface area contributed by atoms with Crippen molar-refractivity contribution in [2.75, 3.05) is 0 Å². The van der Waals surface area contributed by atoms with E-state index in [1.54, 1.807) is 41.7 Å². The van der Waals surface area contributed by atoms with E-state index >= 15 is 0 Å². The Balaban J connectivity index is 0. The van der Waals surface area contributed by atoms with Crippen LogP contribution in [0.5, 0.6) is 0 Å². The lowest BCUT2D eigenvalue weighted by molar-refractivity contribution is 0.266. The monoisotopic (exact) mass is 563 g/mol. The van der Waals surface area contributed by atoms with Gasteiger partial charge in [-0.3, -0.25) is 9.59 Å². The molecule has 13 heteroatoms. The van der Waals surface area contributed by atoms with Crippen LogP contribution in [0.15, 0.2) is 58.8 Å². The molecule has 0 aliphatic rings. The fraction of sp³-hybridized carbons (Fsp3) is 0.182. The minimum Gasteiger partial charge on any atom is -0.412 e. The number of primary amides is 2. The smallest absolute Gasteiger partial charge is 0.273 e. The van der Waals surface area contributed by atoms with Gasteiger partial charge in [0.2, 0.25) is 10.0 Å². The lowest BCUT2D eigenvalue weighted by atomic mass is 9.95. The minimum atomic E-state index is -3.85. The topological polar surface area (TPSA) is 178 Å². The molecule has 0 aliphatic heterocycles. The van der Waals surface area contributed by atoms with Crippen molar-refractivity contribution in [3.63, 3.8) is 0 Å². The van der Waals surface area contributed by atoms with Gasteiger partial charge in [0, 0.05) is 21.6 Å². The molecule has 0 aliphatic carbocycles. The molecule has 0 unspecified atom stereocenters. The number of carbonyl (C=O) groups excluding carboxylic acids is 2. The molecule has 0 atom stereocenters. The van der Waals surface area contributed by atoms with Crippen molar-refractivity contribution in [1.29, 1.82) is 0 Å². The Morgan fingerprint density at radius 1 is 0.971 bits per heavy atom. The van der Waals surface area contributed by atoms with E-state index in [0.717, 1.165) is 34.4 Å². The average molecular weight is 564 g/mol. The van der Waals surface area contributed by atoms with Crippen LogP contribution < -0.4 is 16.6 Å². The lowest BCUT2D eigenvalue weighted by Gasteiger charge is -2.11. The van der Waals surface area contributed by atoms with Gasteiger partial charge in [0.25, 0.3) is 10.5 Å². The van der Waals surface area contributed by atoms with E-state index in [4.69, 9.17) is 14.7 Å². The van der Waals surface area contributed by atoms with Gasteiger partial charge in [-0.1, -0.05) is 76.4 Å². The Morgan fingerprint density at radius 2 is 1.46 bits per heavy atom. The van der Waals surface area contributed by atoms with E-state index in [1.165, 1.54) is 18.2 Å². The number of thiol groups is 2. The number of rotatable bonds is 5. The molecule has 0 fully saturated rings. The third-order valence-corrected chi connectivity index (χ3v) is 5.98. The molecule has 3 aromatic rings. The standard InChI is InChI=1S/C19H18FNO2S2.2CH3NOS.CH4.H2O/c1-2-5-17-19(13-8-10-14(20)11-9-13)16(12-24-17)15-6-3-4-7-18(15)25(21,22)23;2*2-1(3)4;;/h3-4,6-12H,2,5H2,1H3,(H2,21,22,23);2*(H3,2,3,4);1H4;1H2. The molecule has 0 bridgehead atoms. The Bertz CT molecular complexity index is 1180. The maximum absolute atomic E-state index is 13.3. The molecule has 35 heavy (non-hydrogen) atoms. The summed E-state index contributed by atoms with van der Waals surface area (Å²) in [5, 5.41) is 6.07. The summed E-state index contributed by atoms with van der Waals surface area (Å²) in [6.07, 6.45) is 1.83. The first-order valence-electron chi connectivity index (χ1n) is 9.33. The first-order chi connectivity index (χ1) is 15.4. The summed E-state index contributed by atoms with van der Waals surface area (Å²) < 4.78 is 37.3. The van der Waals surface area contributed by atoms with E-state index < -0.39 is 20.5 Å². The van der Waals surface area contributed by atoms with E-state index in [9.17, 15) is 12.8 Å². The van der Waals surface area contributed by atoms with Crippen LogP contribution in [0.3, 0.4) is 0 Å². The predicted molar refractivity (Wildman–Crippen MR) is 148 cm³/mol. The molecular formula is C22H30FN3O5S4. The van der Waals surface area contributed by atoms with Crippen molar-refractivity contribution in [2.24, 2.45) is 16.6 Å². The summed E-state index contributed by atoms with van der Waals surface area (Å²) in [6, 6.07) is 13.0. The van der Waals surface area contributed by atoms with E-state index in [-0.39, 0.29) is 23.6 Å². The van der Waals surface area contributed by atoms with Crippen molar-refractivity contribution in [3.8, 4) is 22.3 Å². The van der Waals surface area contributed by atoms with Gasteiger partial charge < -0.3 is 16.9 Å². The van der Waals surface area contributed by atoms with Crippen LogP contribution in [0.25, 0.3) is 22.3 Å². The number of halogens is 1. The summed E-state index contributed by atoms with van der Waals surface area (Å²) in [5.74, 6) is -0.303. The molecule has 2 amide bonds. The van der Waals surface area contributed by atoms with Gasteiger partial charge in [0.15, 0.2) is 0 Å². The van der Waals surface area contributed by atoms with Gasteiger partial charge in [0.05, 0.1) is 4.90 Å². The van der Waals surface area contributed by atoms with Crippen LogP contribution in [0.1, 0.15) is 25.6 Å². The van der Waals surface area contributed by atoms with Crippen molar-refractivity contribution in [1.82, 2.24) is 0 Å². The third kappa shape index (κ3) is 11.7. The van der Waals surface area contributed by atoms with Crippen LogP contribution in [0.4, 0.5) is 14.0 Å². The molecule has 3 rings (SSSR count). The third-order valence-electron chi connectivity index (χ3n) is 3.96. The number of hydrogen-bond donors (Lipinski definition) is 5. The average Bonchev–Trinajstić information content (AvgIpc) is 3.11. The Labute approximate surface area is 219 Å². The quantitative estimate of drug-likeness (QED) is 0.285. The van der Waals surface area contributed by atoms with Crippen molar-refractivity contribution >= 4 is 57.1 Å². The molecule has 8 nitrogen and oxygen atoms in total. The number of benzene rings is 2. The second-order valence-corrected chi connectivity index (χ2v) is 9.80. The second-order valence-electron chi connectivity index (χ2n) is 6.42. The summed E-state index contributed by atoms with van der Waals surface area (Å²) in [5.41, 5.74) is 11.9. The molecular weight excluding hydrogens is 534 g/mol. The first-order valence-corrected chi connectivity index (χ1v) is 12.7. The number of sulfonamides is 1. The molecule has 0 spiro atoms. The van der Waals surface area contributed by atoms with E-state index in [2.05, 4.69) is 43.6 Å². The minimum absolute atomic E-state index is 0. The fourth-order valence-electron chi connectivity index (χ4n) is 2.88. The highest BCUT2D eigenvalue weighted by Crippen LogP contribution is 2.42.